The summed E-state index contributed by atoms with van der Waals surface area (Å²) in [5, 5.41) is 0. The lowest BCUT2D eigenvalue weighted by Crippen LogP contribution is -2.06. The third-order valence-electron chi connectivity index (χ3n) is 1.97. The SMILES string of the molecule is O=S=C1Cc2ccccc2C1=O. The zero-order chi connectivity index (χ0) is 8.55. The highest BCUT2D eigenvalue weighted by molar-refractivity contribution is 7.68. The summed E-state index contributed by atoms with van der Waals surface area (Å²) in [6.07, 6.45) is 0.517. The number of carbonyl (C=O) groups is 1. The van der Waals surface area contributed by atoms with Gasteiger partial charge in [0.15, 0.2) is 0 Å². The van der Waals surface area contributed by atoms with Gasteiger partial charge < -0.3 is 0 Å². The van der Waals surface area contributed by atoms with Gasteiger partial charge in [-0.25, -0.2) is 4.21 Å². The highest BCUT2D eigenvalue weighted by Gasteiger charge is 2.24. The van der Waals surface area contributed by atoms with E-state index in [2.05, 4.69) is 0 Å². The van der Waals surface area contributed by atoms with Crippen molar-refractivity contribution in [3.8, 4) is 0 Å². The van der Waals surface area contributed by atoms with E-state index in [9.17, 15) is 9.00 Å². The monoisotopic (exact) mass is 178 g/mol. The predicted molar refractivity (Wildman–Crippen MR) is 47.6 cm³/mol. The van der Waals surface area contributed by atoms with Gasteiger partial charge in [-0.3, -0.25) is 4.79 Å². The van der Waals surface area contributed by atoms with Crippen LogP contribution in [0.1, 0.15) is 15.9 Å². The van der Waals surface area contributed by atoms with E-state index in [0.717, 1.165) is 5.56 Å². The number of Topliss-reactive ketones (excluding diaryl/α,β-unsaturated/α-hetero) is 1. The van der Waals surface area contributed by atoms with Crippen molar-refractivity contribution >= 4 is 21.9 Å². The van der Waals surface area contributed by atoms with E-state index in [1.54, 1.807) is 6.07 Å². The van der Waals surface area contributed by atoms with Gasteiger partial charge in [0.1, 0.15) is 0 Å². The summed E-state index contributed by atoms with van der Waals surface area (Å²) in [7, 11) is 0. The molecule has 0 spiro atoms. The van der Waals surface area contributed by atoms with Crippen molar-refractivity contribution in [3.63, 3.8) is 0 Å². The first-order valence-corrected chi connectivity index (χ1v) is 4.35. The Kier molecular flexibility index (Phi) is 1.66. The van der Waals surface area contributed by atoms with Crippen molar-refractivity contribution in [1.82, 2.24) is 0 Å². The number of rotatable bonds is 0. The average molecular weight is 178 g/mol. The van der Waals surface area contributed by atoms with Gasteiger partial charge >= 0.3 is 0 Å². The molecule has 0 fully saturated rings. The number of benzene rings is 1. The zero-order valence-electron chi connectivity index (χ0n) is 6.24. The molecule has 0 heterocycles. The summed E-state index contributed by atoms with van der Waals surface area (Å²) < 4.78 is 10.5. The van der Waals surface area contributed by atoms with Crippen LogP contribution >= 0.6 is 0 Å². The Hall–Kier alpha value is -1.22. The van der Waals surface area contributed by atoms with Gasteiger partial charge in [-0.2, -0.15) is 0 Å². The molecule has 1 aliphatic carbocycles. The quantitative estimate of drug-likeness (QED) is 0.551. The second-order valence-electron chi connectivity index (χ2n) is 2.67. The van der Waals surface area contributed by atoms with Crippen LogP contribution in [0.4, 0.5) is 0 Å². The highest BCUT2D eigenvalue weighted by Crippen LogP contribution is 2.18. The molecule has 1 aromatic carbocycles. The minimum absolute atomic E-state index is 0.0920. The Morgan fingerprint density at radius 1 is 1.25 bits per heavy atom. The summed E-state index contributed by atoms with van der Waals surface area (Å²) in [6.45, 7) is 0. The van der Waals surface area contributed by atoms with Gasteiger partial charge in [0.25, 0.3) is 0 Å². The summed E-state index contributed by atoms with van der Waals surface area (Å²) in [4.78, 5) is 11.8. The van der Waals surface area contributed by atoms with Crippen molar-refractivity contribution in [2.75, 3.05) is 0 Å². The lowest BCUT2D eigenvalue weighted by molar-refractivity contribution is 0.107. The van der Waals surface area contributed by atoms with E-state index in [1.807, 2.05) is 18.2 Å². The van der Waals surface area contributed by atoms with E-state index in [-0.39, 0.29) is 5.78 Å². The lowest BCUT2D eigenvalue weighted by Gasteiger charge is -1.91. The van der Waals surface area contributed by atoms with E-state index in [1.165, 1.54) is 0 Å². The molecule has 1 aromatic rings. The van der Waals surface area contributed by atoms with Gasteiger partial charge in [0.2, 0.25) is 5.78 Å². The van der Waals surface area contributed by atoms with Crippen LogP contribution in [-0.2, 0) is 17.7 Å². The molecule has 1 aliphatic rings. The number of carbonyl (C=O) groups excluding carboxylic acids is 1. The molecule has 0 amide bonds. The van der Waals surface area contributed by atoms with Gasteiger partial charge in [0, 0.05) is 12.0 Å². The van der Waals surface area contributed by atoms with Gasteiger partial charge in [0.05, 0.1) is 16.1 Å². The summed E-state index contributed by atoms with van der Waals surface area (Å²) in [5.41, 5.74) is 1.66. The zero-order valence-corrected chi connectivity index (χ0v) is 7.06. The third kappa shape index (κ3) is 0.940. The second-order valence-corrected chi connectivity index (χ2v) is 3.33. The van der Waals surface area contributed by atoms with Crippen molar-refractivity contribution in [2.24, 2.45) is 0 Å². The maximum Gasteiger partial charge on any atom is 0.202 e. The standard InChI is InChI=1S/C9H6O2S/c10-9-7-4-2-1-3-6(7)5-8(9)12-11/h1-4H,5H2. The molecule has 0 aliphatic heterocycles. The van der Waals surface area contributed by atoms with Crippen LogP contribution in [0.3, 0.4) is 0 Å². The van der Waals surface area contributed by atoms with Crippen molar-refractivity contribution in [1.29, 1.82) is 0 Å². The fraction of sp³-hybridized carbons (Fsp3) is 0.111. The largest absolute Gasteiger partial charge is 0.288 e. The van der Waals surface area contributed by atoms with Crippen molar-refractivity contribution in [2.45, 2.75) is 6.42 Å². The first-order chi connectivity index (χ1) is 5.83. The lowest BCUT2D eigenvalue weighted by atomic mass is 10.1. The van der Waals surface area contributed by atoms with Gasteiger partial charge in [-0.15, -0.1) is 0 Å². The molecule has 0 unspecified atom stereocenters. The molecule has 0 radical (unpaired) electrons. The van der Waals surface area contributed by atoms with Crippen LogP contribution in [0, 0.1) is 0 Å². The van der Waals surface area contributed by atoms with Crippen LogP contribution in [0.2, 0.25) is 0 Å². The Morgan fingerprint density at radius 2 is 2.00 bits per heavy atom. The normalized spacial score (nSPS) is 14.7. The maximum atomic E-state index is 11.4. The van der Waals surface area contributed by atoms with Crippen LogP contribution in [0.5, 0.6) is 0 Å². The van der Waals surface area contributed by atoms with E-state index in [4.69, 9.17) is 0 Å². The first-order valence-electron chi connectivity index (χ1n) is 3.61. The minimum Gasteiger partial charge on any atom is -0.288 e. The molecule has 3 heteroatoms. The summed E-state index contributed by atoms with van der Waals surface area (Å²) in [6, 6.07) is 7.34. The maximum absolute atomic E-state index is 11.4. The van der Waals surface area contributed by atoms with E-state index < -0.39 is 0 Å². The van der Waals surface area contributed by atoms with Gasteiger partial charge in [-0.1, -0.05) is 24.3 Å². The fourth-order valence-electron chi connectivity index (χ4n) is 1.37. The Labute approximate surface area is 73.3 Å². The molecule has 0 atom stereocenters. The fourth-order valence-corrected chi connectivity index (χ4v) is 1.77. The molecule has 0 saturated heterocycles. The average Bonchev–Trinajstić information content (AvgIpc) is 2.44. The van der Waals surface area contributed by atoms with E-state index >= 15 is 0 Å². The molecule has 12 heavy (non-hydrogen) atoms. The molecule has 2 rings (SSSR count). The Balaban J connectivity index is 2.64. The molecular weight excluding hydrogens is 172 g/mol. The van der Waals surface area contributed by atoms with E-state index in [0.29, 0.717) is 28.1 Å². The molecule has 0 aromatic heterocycles. The predicted octanol–water partition coefficient (Wildman–Crippen LogP) is 0.811. The topological polar surface area (TPSA) is 34.1 Å². The molecule has 0 saturated carbocycles. The molecule has 0 N–H and O–H groups in total. The van der Waals surface area contributed by atoms with Crippen LogP contribution < -0.4 is 0 Å². The van der Waals surface area contributed by atoms with Gasteiger partial charge in [-0.05, 0) is 5.56 Å². The van der Waals surface area contributed by atoms with Crippen molar-refractivity contribution in [3.05, 3.63) is 35.4 Å². The Bertz CT molecular complexity index is 403. The molecular formula is C9H6O2S. The Morgan fingerprint density at radius 3 is 2.67 bits per heavy atom. The first kappa shape index (κ1) is 7.43. The minimum atomic E-state index is -0.0920. The number of fused-ring (bicyclic) bond motifs is 1. The van der Waals surface area contributed by atoms with Crippen LogP contribution in [0.25, 0.3) is 0 Å². The highest BCUT2D eigenvalue weighted by atomic mass is 32.1. The van der Waals surface area contributed by atoms with Crippen LogP contribution in [-0.4, -0.2) is 14.9 Å². The smallest absolute Gasteiger partial charge is 0.202 e. The van der Waals surface area contributed by atoms with Crippen LogP contribution in [0.15, 0.2) is 24.3 Å². The molecule has 0 bridgehead atoms. The second kappa shape index (κ2) is 2.68. The summed E-state index contributed by atoms with van der Waals surface area (Å²) >= 11 is 0.314. The molecule has 2 nitrogen and oxygen atoms in total. The summed E-state index contributed by atoms with van der Waals surface area (Å²) in [5.74, 6) is -0.0920. The number of ketones is 1. The third-order valence-corrected chi connectivity index (χ3v) is 2.50. The van der Waals surface area contributed by atoms with Crippen molar-refractivity contribution < 1.29 is 9.00 Å². The number of hydrogen-bond acceptors (Lipinski definition) is 2. The number of hydrogen-bond donors (Lipinski definition) is 0. The molecule has 60 valence electrons.